The lowest BCUT2D eigenvalue weighted by molar-refractivity contribution is -0.305. The molecule has 0 heterocycles. The summed E-state index contributed by atoms with van der Waals surface area (Å²) in [7, 11) is 0. The third-order valence-electron chi connectivity index (χ3n) is 0.877. The van der Waals surface area contributed by atoms with E-state index in [0.717, 1.165) is 0 Å². The summed E-state index contributed by atoms with van der Waals surface area (Å²) in [5.41, 5.74) is 0. The lowest BCUT2D eigenvalue weighted by Gasteiger charge is -2.09. The predicted octanol–water partition coefficient (Wildman–Crippen LogP) is -1.26. The maximum Gasteiger partial charge on any atom is 0.161 e. The quantitative estimate of drug-likeness (QED) is 0.510. The van der Waals surface area contributed by atoms with Crippen LogP contribution in [0.4, 0.5) is 0 Å². The van der Waals surface area contributed by atoms with Crippen molar-refractivity contribution in [1.82, 2.24) is 0 Å². The number of rotatable bonds is 3. The van der Waals surface area contributed by atoms with Gasteiger partial charge in [-0.2, -0.15) is 0 Å². The molecule has 0 fully saturated rings. The van der Waals surface area contributed by atoms with Gasteiger partial charge in [-0.15, -0.1) is 0 Å². The van der Waals surface area contributed by atoms with Crippen LogP contribution in [-0.2, 0) is 15.9 Å². The second kappa shape index (κ2) is 3.58. The fraction of sp³-hybridized carbons (Fsp3) is 0.750. The second-order valence-corrected chi connectivity index (χ2v) is 2.61. The van der Waals surface area contributed by atoms with E-state index >= 15 is 0 Å². The number of aliphatic carboxylic acids is 1. The van der Waals surface area contributed by atoms with Gasteiger partial charge in [0, 0.05) is 0 Å². The van der Waals surface area contributed by atoms with Crippen molar-refractivity contribution < 1.29 is 18.7 Å². The molecule has 0 aromatic rings. The van der Waals surface area contributed by atoms with Gasteiger partial charge < -0.3 is 14.5 Å². The van der Waals surface area contributed by atoms with Crippen molar-refractivity contribution in [1.29, 1.82) is 0 Å². The molecule has 0 aromatic carbocycles. The van der Waals surface area contributed by atoms with E-state index in [1.54, 1.807) is 0 Å². The van der Waals surface area contributed by atoms with Crippen LogP contribution in [0, 0.1) is 0 Å². The van der Waals surface area contributed by atoms with Gasteiger partial charge in [0.05, 0.1) is 11.2 Å². The number of carboxylic acids is 1. The van der Waals surface area contributed by atoms with Gasteiger partial charge in [0.1, 0.15) is 0 Å². The van der Waals surface area contributed by atoms with E-state index in [-0.39, 0.29) is 6.42 Å². The molecule has 0 aliphatic carbocycles. The zero-order valence-electron chi connectivity index (χ0n) is 4.86. The largest absolute Gasteiger partial charge is 0.549 e. The number of carbonyl (C=O) groups excluding carboxylic acids is 1. The van der Waals surface area contributed by atoms with Crippen molar-refractivity contribution in [3.8, 4) is 0 Å². The molecule has 2 atom stereocenters. The first kappa shape index (κ1) is 8.58. The second-order valence-electron chi connectivity index (χ2n) is 1.49. The minimum atomic E-state index is -2.30. The van der Waals surface area contributed by atoms with Crippen molar-refractivity contribution >= 4 is 17.0 Å². The molecule has 0 aliphatic heterocycles. The maximum absolute atomic E-state index is 10.1. The Morgan fingerprint density at radius 1 is 1.89 bits per heavy atom. The highest BCUT2D eigenvalue weighted by atomic mass is 32.2. The Kier molecular flexibility index (Phi) is 3.41. The molecule has 0 aliphatic rings. The minimum absolute atomic E-state index is 0.117. The Balaban J connectivity index is 3.99. The van der Waals surface area contributed by atoms with Crippen molar-refractivity contribution in [3.63, 3.8) is 0 Å². The topological polar surface area (TPSA) is 77.4 Å². The van der Waals surface area contributed by atoms with Crippen LogP contribution >= 0.6 is 0 Å². The first-order chi connectivity index (χ1) is 4.09. The maximum atomic E-state index is 10.1. The van der Waals surface area contributed by atoms with E-state index in [9.17, 15) is 14.1 Å². The molecule has 5 heteroatoms. The van der Waals surface area contributed by atoms with E-state index in [4.69, 9.17) is 4.55 Å². The van der Waals surface area contributed by atoms with Gasteiger partial charge in [-0.25, -0.2) is 4.21 Å². The first-order valence-corrected chi connectivity index (χ1v) is 3.57. The molecule has 0 bridgehead atoms. The van der Waals surface area contributed by atoms with Crippen molar-refractivity contribution in [2.24, 2.45) is 0 Å². The van der Waals surface area contributed by atoms with Crippen LogP contribution in [0.5, 0.6) is 0 Å². The highest BCUT2D eigenvalue weighted by Crippen LogP contribution is 1.96. The lowest BCUT2D eigenvalue weighted by atomic mass is 10.3. The molecule has 0 rings (SSSR count). The molecule has 0 saturated carbocycles. The van der Waals surface area contributed by atoms with Crippen molar-refractivity contribution in [2.75, 3.05) is 0 Å². The zero-order valence-corrected chi connectivity index (χ0v) is 5.68. The summed E-state index contributed by atoms with van der Waals surface area (Å²) < 4.78 is 18.3. The summed E-state index contributed by atoms with van der Waals surface area (Å²) in [6.07, 6.45) is 0.117. The number of carbonyl (C=O) groups is 1. The summed E-state index contributed by atoms with van der Waals surface area (Å²) in [6.45, 7) is 1.51. The summed E-state index contributed by atoms with van der Waals surface area (Å²) in [5, 5.41) is 8.66. The smallest absolute Gasteiger partial charge is 0.161 e. The predicted molar refractivity (Wildman–Crippen MR) is 29.9 cm³/mol. The Morgan fingerprint density at radius 2 is 2.33 bits per heavy atom. The molecule has 0 saturated heterocycles. The van der Waals surface area contributed by atoms with E-state index in [0.29, 0.717) is 0 Å². The van der Waals surface area contributed by atoms with E-state index in [1.807, 2.05) is 0 Å². The zero-order chi connectivity index (χ0) is 7.44. The molecule has 0 aromatic heterocycles. The van der Waals surface area contributed by atoms with Crippen LogP contribution in [0.2, 0.25) is 0 Å². The molecule has 54 valence electrons. The van der Waals surface area contributed by atoms with Crippen LogP contribution in [0.3, 0.4) is 0 Å². The lowest BCUT2D eigenvalue weighted by Crippen LogP contribution is -2.37. The summed E-state index contributed by atoms with van der Waals surface area (Å²) in [4.78, 5) is 9.91. The molecule has 1 N–H and O–H groups in total. The molecular weight excluding hydrogens is 144 g/mol. The summed E-state index contributed by atoms with van der Waals surface area (Å²) in [6, 6.07) is 0. The Bertz CT molecular complexity index is 119. The highest BCUT2D eigenvalue weighted by Gasteiger charge is 2.12. The molecular formula is C4H7O4S-. The molecule has 0 radical (unpaired) electrons. The van der Waals surface area contributed by atoms with Crippen LogP contribution < -0.4 is 5.11 Å². The van der Waals surface area contributed by atoms with Gasteiger partial charge in [0.25, 0.3) is 0 Å². The normalized spacial score (nSPS) is 16.7. The molecule has 2 unspecified atom stereocenters. The van der Waals surface area contributed by atoms with Crippen LogP contribution in [0.25, 0.3) is 0 Å². The van der Waals surface area contributed by atoms with Crippen LogP contribution in [0.15, 0.2) is 0 Å². The van der Waals surface area contributed by atoms with E-state index in [1.165, 1.54) is 6.92 Å². The average Bonchev–Trinajstić information content (AvgIpc) is 1.64. The third-order valence-corrected chi connectivity index (χ3v) is 1.89. The standard InChI is InChI=1S/C4H8O4S/c1-2-3(4(5)6)9(7)8/h3H,2H2,1H3,(H,5,6)(H,7,8)/p-1. The van der Waals surface area contributed by atoms with Gasteiger partial charge in [-0.3, -0.25) is 0 Å². The SMILES string of the molecule is CCC(C(=O)[O-])S(=O)O. The fourth-order valence-corrected chi connectivity index (χ4v) is 0.841. The number of carboxylic acid groups (broad SMARTS) is 1. The van der Waals surface area contributed by atoms with Gasteiger partial charge in [0.2, 0.25) is 0 Å². The van der Waals surface area contributed by atoms with Crippen LogP contribution in [-0.4, -0.2) is 20.0 Å². The van der Waals surface area contributed by atoms with Gasteiger partial charge in [-0.1, -0.05) is 6.92 Å². The fourth-order valence-electron chi connectivity index (χ4n) is 0.392. The van der Waals surface area contributed by atoms with Crippen molar-refractivity contribution in [2.45, 2.75) is 18.6 Å². The van der Waals surface area contributed by atoms with Gasteiger partial charge in [0.15, 0.2) is 11.1 Å². The average molecular weight is 151 g/mol. The van der Waals surface area contributed by atoms with Gasteiger partial charge in [-0.05, 0) is 6.42 Å². The Morgan fingerprint density at radius 3 is 2.33 bits per heavy atom. The summed E-state index contributed by atoms with van der Waals surface area (Å²) in [5.74, 6) is -1.47. The first-order valence-electron chi connectivity index (χ1n) is 2.40. The van der Waals surface area contributed by atoms with E-state index in [2.05, 4.69) is 0 Å². The van der Waals surface area contributed by atoms with Crippen molar-refractivity contribution in [3.05, 3.63) is 0 Å². The minimum Gasteiger partial charge on any atom is -0.549 e. The molecule has 4 nitrogen and oxygen atoms in total. The third kappa shape index (κ3) is 2.57. The number of hydrogen-bond acceptors (Lipinski definition) is 3. The monoisotopic (exact) mass is 151 g/mol. The number of hydrogen-bond donors (Lipinski definition) is 1. The van der Waals surface area contributed by atoms with Crippen LogP contribution in [0.1, 0.15) is 13.3 Å². The molecule has 0 spiro atoms. The van der Waals surface area contributed by atoms with Gasteiger partial charge >= 0.3 is 0 Å². The molecule has 0 amide bonds. The Labute approximate surface area is 55.2 Å². The Hall–Kier alpha value is -0.420. The summed E-state index contributed by atoms with van der Waals surface area (Å²) >= 11 is -2.30. The van der Waals surface area contributed by atoms with E-state index < -0.39 is 22.3 Å². The molecule has 9 heavy (non-hydrogen) atoms. The highest BCUT2D eigenvalue weighted by molar-refractivity contribution is 7.80.